The maximum atomic E-state index is 2.64. The Morgan fingerprint density at radius 2 is 0.612 bits per heavy atom. The smallest absolute Gasteiger partial charge is 0.252 e. The van der Waals surface area contributed by atoms with Gasteiger partial charge in [-0.05, 0) is 125 Å². The number of hydrogen-bond acceptors (Lipinski definition) is 4. The van der Waals surface area contributed by atoms with E-state index >= 15 is 0 Å². The topological polar surface area (TPSA) is 16.3 Å². The van der Waals surface area contributed by atoms with Crippen LogP contribution in [0.4, 0.5) is 34.1 Å². The Morgan fingerprint density at radius 3 is 1.02 bits per heavy atom. The molecule has 0 saturated carbocycles. The quantitative estimate of drug-likeness (QED) is 0.154. The lowest BCUT2D eigenvalue weighted by Crippen LogP contribution is -2.61. The molecule has 0 N–H and O–H groups in total. The van der Waals surface area contributed by atoms with Crippen LogP contribution in [0.15, 0.2) is 285 Å². The number of fused-ring (bicyclic) bond motifs is 16. The lowest BCUT2D eigenvalue weighted by Gasteiger charge is -2.45. The van der Waals surface area contributed by atoms with Crippen molar-refractivity contribution in [3.63, 3.8) is 0 Å². The van der Waals surface area contributed by atoms with Crippen molar-refractivity contribution in [2.24, 2.45) is 0 Å². The van der Waals surface area contributed by atoms with Gasteiger partial charge in [-0.1, -0.05) is 188 Å². The first-order chi connectivity index (χ1) is 42.2. The van der Waals surface area contributed by atoms with Gasteiger partial charge in [0.2, 0.25) is 0 Å². The van der Waals surface area contributed by atoms with E-state index in [1.54, 1.807) is 0 Å². The van der Waals surface area contributed by atoms with Gasteiger partial charge < -0.3 is 18.9 Å². The average molecular weight is 1120 g/mol. The number of nitrogens with zero attached hydrogens (tertiary/aromatic N) is 4. The van der Waals surface area contributed by atoms with Crippen LogP contribution in [-0.2, 0) is 0 Å². The van der Waals surface area contributed by atoms with E-state index in [4.69, 9.17) is 0 Å². The Hall–Kier alpha value is -10.4. The predicted molar refractivity (Wildman–Crippen MR) is 366 cm³/mol. The van der Waals surface area contributed by atoms with E-state index in [0.29, 0.717) is 0 Å². The number of benzene rings is 13. The summed E-state index contributed by atoms with van der Waals surface area (Å²) >= 11 is 3.76. The van der Waals surface area contributed by atoms with E-state index in [0.717, 1.165) is 45.5 Å². The molecule has 4 aromatic heterocycles. The van der Waals surface area contributed by atoms with E-state index < -0.39 is 0 Å². The maximum Gasteiger partial charge on any atom is 0.252 e. The number of thiophene rings is 2. The number of anilines is 6. The first kappa shape index (κ1) is 47.1. The van der Waals surface area contributed by atoms with Gasteiger partial charge >= 0.3 is 0 Å². The Bertz CT molecular complexity index is 5200. The van der Waals surface area contributed by atoms with Gasteiger partial charge in [-0.2, -0.15) is 0 Å². The van der Waals surface area contributed by atoms with Crippen molar-refractivity contribution in [3.05, 3.63) is 285 Å². The van der Waals surface area contributed by atoms with Gasteiger partial charge in [0.25, 0.3) is 6.71 Å². The first-order valence-electron chi connectivity index (χ1n) is 29.2. The third-order valence-electron chi connectivity index (χ3n) is 18.3. The van der Waals surface area contributed by atoms with Crippen LogP contribution in [-0.4, -0.2) is 15.8 Å². The minimum absolute atomic E-state index is 0.139. The molecule has 0 unspecified atom stereocenters. The Morgan fingerprint density at radius 1 is 0.247 bits per heavy atom. The van der Waals surface area contributed by atoms with Crippen LogP contribution in [0.5, 0.6) is 0 Å². The zero-order chi connectivity index (χ0) is 55.4. The normalized spacial score (nSPS) is 12.9. The van der Waals surface area contributed by atoms with Crippen molar-refractivity contribution >= 4 is 164 Å². The number of rotatable bonds is 6. The zero-order valence-corrected chi connectivity index (χ0v) is 47.5. The largest absolute Gasteiger partial charge is 0.311 e. The Kier molecular flexibility index (Phi) is 9.99. The van der Waals surface area contributed by atoms with Crippen molar-refractivity contribution in [2.45, 2.75) is 0 Å². The summed E-state index contributed by atoms with van der Waals surface area (Å²) in [4.78, 5) is 5.28. The minimum atomic E-state index is -0.139. The second-order valence-corrected chi connectivity index (χ2v) is 24.9. The Labute approximate surface area is 498 Å². The van der Waals surface area contributed by atoms with Crippen LogP contribution < -0.4 is 26.2 Å². The van der Waals surface area contributed by atoms with Crippen LogP contribution in [0.2, 0.25) is 0 Å². The maximum absolute atomic E-state index is 2.64. The van der Waals surface area contributed by atoms with Crippen molar-refractivity contribution in [2.75, 3.05) is 9.80 Å². The lowest BCUT2D eigenvalue weighted by atomic mass is 9.33. The summed E-state index contributed by atoms with van der Waals surface area (Å²) < 4.78 is 10.1. The summed E-state index contributed by atoms with van der Waals surface area (Å²) in [5, 5.41) is 10.0. The van der Waals surface area contributed by atoms with Gasteiger partial charge in [0.05, 0.1) is 33.4 Å². The SMILES string of the molecule is c1ccc(-c2cc3sc4ccccc4c3cc2N2c3cc(-n4c5ccccc5c5ccccc54)ccc3B3c4ccc(-n5c6ccccc6c6ccccc65)cc4N(c4cc5c(cc4-c4ccccc4)sc4ccccc45)c4cccc2c43)cc1. The van der Waals surface area contributed by atoms with Crippen molar-refractivity contribution in [1.82, 2.24) is 9.13 Å². The lowest BCUT2D eigenvalue weighted by molar-refractivity contribution is 1.17. The third kappa shape index (κ3) is 6.79. The molecular weight excluding hydrogens is 1070 g/mol. The molecule has 2 aliphatic rings. The van der Waals surface area contributed by atoms with Gasteiger partial charge in [0.1, 0.15) is 0 Å². The van der Waals surface area contributed by atoms with E-state index in [-0.39, 0.29) is 6.71 Å². The summed E-state index contributed by atoms with van der Waals surface area (Å²) in [6.45, 7) is -0.139. The second kappa shape index (κ2) is 18.0. The molecule has 4 nitrogen and oxygen atoms in total. The molecule has 0 spiro atoms. The fourth-order valence-electron chi connectivity index (χ4n) is 14.7. The molecular formula is C78H47BN4S2. The molecule has 0 radical (unpaired) electrons. The Balaban J connectivity index is 0.950. The van der Waals surface area contributed by atoms with Crippen LogP contribution in [0.3, 0.4) is 0 Å². The fraction of sp³-hybridized carbons (Fsp3) is 0. The molecule has 0 bridgehead atoms. The minimum Gasteiger partial charge on any atom is -0.311 e. The van der Waals surface area contributed by atoms with E-state index in [1.807, 2.05) is 22.7 Å². The highest BCUT2D eigenvalue weighted by Crippen LogP contribution is 2.52. The molecule has 0 amide bonds. The zero-order valence-electron chi connectivity index (χ0n) is 45.8. The molecule has 394 valence electrons. The van der Waals surface area contributed by atoms with Gasteiger partial charge in [0, 0.05) is 107 Å². The number of para-hydroxylation sites is 4. The molecule has 0 atom stereocenters. The molecule has 17 aromatic rings. The standard InChI is InChI=1S/C78H47BN4S2/c1-3-20-48(21-4-1)58-46-76-60(56-28-11-17-36-74(56)84-76)44-70(58)82-68-34-19-35-69-78(68)79(62-40-38-50(42-72(62)82)80-64-30-13-7-24-52(64)53-25-8-14-31-65(53)80)63-41-39-51(81-66-32-15-9-26-54(66)55-27-10-16-33-67(55)81)43-73(63)83(69)71-45-61-57-29-12-18-37-75(57)85-77(61)47-59(71)49-22-5-2-6-23-49/h1-47H. The van der Waals surface area contributed by atoms with Crippen LogP contribution in [0.1, 0.15) is 0 Å². The monoisotopic (exact) mass is 1110 g/mol. The molecule has 7 heteroatoms. The molecule has 2 aliphatic heterocycles. The van der Waals surface area contributed by atoms with Gasteiger partial charge in [0.15, 0.2) is 0 Å². The summed E-state index contributed by atoms with van der Waals surface area (Å²) in [5.74, 6) is 0. The first-order valence-corrected chi connectivity index (χ1v) is 30.8. The van der Waals surface area contributed by atoms with Gasteiger partial charge in [-0.25, -0.2) is 0 Å². The summed E-state index contributed by atoms with van der Waals surface area (Å²) in [6.07, 6.45) is 0. The predicted octanol–water partition coefficient (Wildman–Crippen LogP) is 20.0. The van der Waals surface area contributed by atoms with Crippen LogP contribution in [0.25, 0.3) is 118 Å². The van der Waals surface area contributed by atoms with Crippen LogP contribution >= 0.6 is 22.7 Å². The van der Waals surface area contributed by atoms with Crippen LogP contribution in [0, 0.1) is 0 Å². The molecule has 13 aromatic carbocycles. The fourth-order valence-corrected chi connectivity index (χ4v) is 16.9. The molecule has 85 heavy (non-hydrogen) atoms. The van der Waals surface area contributed by atoms with Crippen molar-refractivity contribution in [1.29, 1.82) is 0 Å². The number of hydrogen-bond donors (Lipinski definition) is 0. The van der Waals surface area contributed by atoms with Crippen molar-refractivity contribution in [3.8, 4) is 33.6 Å². The molecule has 0 saturated heterocycles. The average Bonchev–Trinajstić information content (AvgIpc) is 1.49. The highest BCUT2D eigenvalue weighted by atomic mass is 32.1. The molecule has 0 fully saturated rings. The van der Waals surface area contributed by atoms with Gasteiger partial charge in [-0.3, -0.25) is 0 Å². The summed E-state index contributed by atoms with van der Waals surface area (Å²) in [7, 11) is 0. The van der Waals surface area contributed by atoms with E-state index in [1.165, 1.54) is 123 Å². The highest BCUT2D eigenvalue weighted by molar-refractivity contribution is 7.26. The molecule has 0 aliphatic carbocycles. The van der Waals surface area contributed by atoms with E-state index in [9.17, 15) is 0 Å². The molecule has 19 rings (SSSR count). The third-order valence-corrected chi connectivity index (χ3v) is 20.5. The highest BCUT2D eigenvalue weighted by Gasteiger charge is 2.44. The van der Waals surface area contributed by atoms with Gasteiger partial charge in [-0.15, -0.1) is 22.7 Å². The summed E-state index contributed by atoms with van der Waals surface area (Å²) in [5.41, 5.74) is 22.4. The second-order valence-electron chi connectivity index (χ2n) is 22.7. The van der Waals surface area contributed by atoms with E-state index in [2.05, 4.69) is 304 Å². The summed E-state index contributed by atoms with van der Waals surface area (Å²) in [6, 6.07) is 107. The molecule has 6 heterocycles. The van der Waals surface area contributed by atoms with Crippen molar-refractivity contribution < 1.29 is 0 Å². The number of aromatic nitrogens is 2.